The van der Waals surface area contributed by atoms with Crippen molar-refractivity contribution in [3.05, 3.63) is 96.1 Å². The number of nitrogens with zero attached hydrogens (tertiary/aromatic N) is 1. The Bertz CT molecular complexity index is 919. The highest BCUT2D eigenvalue weighted by atomic mass is 16.5. The molecule has 0 saturated heterocycles. The molecule has 0 saturated carbocycles. The summed E-state index contributed by atoms with van der Waals surface area (Å²) < 4.78 is 5.55. The molecule has 0 aliphatic carbocycles. The highest BCUT2D eigenvalue weighted by Gasteiger charge is 2.26. The second-order valence-corrected chi connectivity index (χ2v) is 6.75. The lowest BCUT2D eigenvalue weighted by atomic mass is 10.0. The van der Waals surface area contributed by atoms with Gasteiger partial charge in [0, 0.05) is 19.7 Å². The fraction of sp³-hybridized carbons (Fsp3) is 0.167. The normalized spacial score (nSPS) is 11.5. The van der Waals surface area contributed by atoms with Crippen LogP contribution in [0.5, 0.6) is 0 Å². The predicted molar refractivity (Wildman–Crippen MR) is 110 cm³/mol. The van der Waals surface area contributed by atoms with Crippen molar-refractivity contribution in [2.24, 2.45) is 0 Å². The first-order chi connectivity index (χ1) is 13.5. The number of amides is 1. The lowest BCUT2D eigenvalue weighted by molar-refractivity contribution is -0.159. The van der Waals surface area contributed by atoms with Gasteiger partial charge in [0.15, 0.2) is 0 Å². The Hall–Kier alpha value is -3.40. The van der Waals surface area contributed by atoms with E-state index >= 15 is 0 Å². The minimum absolute atomic E-state index is 0.110. The summed E-state index contributed by atoms with van der Waals surface area (Å²) >= 11 is 0. The molecule has 0 aliphatic rings. The van der Waals surface area contributed by atoms with Crippen LogP contribution in [0, 0.1) is 0 Å². The van der Waals surface area contributed by atoms with Gasteiger partial charge < -0.3 is 9.64 Å². The van der Waals surface area contributed by atoms with Crippen molar-refractivity contribution in [1.82, 2.24) is 4.90 Å². The summed E-state index contributed by atoms with van der Waals surface area (Å²) in [5.41, 5.74) is 3.71. The van der Waals surface area contributed by atoms with Crippen LogP contribution in [0.2, 0.25) is 0 Å². The molecular weight excluding hydrogens is 350 g/mol. The molecule has 142 valence electrons. The molecule has 3 rings (SSSR count). The van der Waals surface area contributed by atoms with Crippen molar-refractivity contribution in [1.29, 1.82) is 0 Å². The maximum atomic E-state index is 12.5. The Balaban J connectivity index is 1.70. The van der Waals surface area contributed by atoms with Gasteiger partial charge in [-0.05, 0) is 16.7 Å². The van der Waals surface area contributed by atoms with Gasteiger partial charge in [-0.1, -0.05) is 84.9 Å². The first-order valence-corrected chi connectivity index (χ1v) is 9.14. The summed E-state index contributed by atoms with van der Waals surface area (Å²) in [6.07, 6.45) is -0.827. The SMILES string of the molecule is CN(C)C(=O)[C@@H](OC(=O)Cc1ccc(-c2ccccc2)cc1)c1ccccc1. The van der Waals surface area contributed by atoms with E-state index < -0.39 is 12.1 Å². The number of rotatable bonds is 6. The van der Waals surface area contributed by atoms with E-state index in [1.807, 2.05) is 72.8 Å². The zero-order valence-corrected chi connectivity index (χ0v) is 16.0. The zero-order valence-electron chi connectivity index (χ0n) is 16.0. The lowest BCUT2D eigenvalue weighted by Crippen LogP contribution is -2.31. The number of hydrogen-bond acceptors (Lipinski definition) is 3. The van der Waals surface area contributed by atoms with E-state index in [2.05, 4.69) is 0 Å². The molecule has 0 bridgehead atoms. The zero-order chi connectivity index (χ0) is 19.9. The summed E-state index contributed by atoms with van der Waals surface area (Å²) in [5, 5.41) is 0. The van der Waals surface area contributed by atoms with Gasteiger partial charge in [-0.3, -0.25) is 9.59 Å². The van der Waals surface area contributed by atoms with E-state index in [9.17, 15) is 9.59 Å². The van der Waals surface area contributed by atoms with Crippen molar-refractivity contribution in [3.8, 4) is 11.1 Å². The maximum absolute atomic E-state index is 12.5. The molecule has 28 heavy (non-hydrogen) atoms. The summed E-state index contributed by atoms with van der Waals surface area (Å²) in [6.45, 7) is 0. The van der Waals surface area contributed by atoms with Crippen molar-refractivity contribution in [2.75, 3.05) is 14.1 Å². The molecule has 4 heteroatoms. The van der Waals surface area contributed by atoms with Crippen LogP contribution in [0.3, 0.4) is 0 Å². The Labute approximate surface area is 165 Å². The van der Waals surface area contributed by atoms with Crippen molar-refractivity contribution < 1.29 is 14.3 Å². The predicted octanol–water partition coefficient (Wildman–Crippen LogP) is 4.27. The van der Waals surface area contributed by atoms with Gasteiger partial charge in [-0.2, -0.15) is 0 Å². The third kappa shape index (κ3) is 4.86. The Morgan fingerprint density at radius 2 is 1.32 bits per heavy atom. The Morgan fingerprint density at radius 1 is 0.786 bits per heavy atom. The molecule has 1 atom stereocenters. The van der Waals surface area contributed by atoms with Crippen LogP contribution < -0.4 is 0 Å². The van der Waals surface area contributed by atoms with E-state index in [1.165, 1.54) is 4.90 Å². The average molecular weight is 373 g/mol. The minimum atomic E-state index is -0.938. The largest absolute Gasteiger partial charge is 0.447 e. The summed E-state index contributed by atoms with van der Waals surface area (Å²) in [7, 11) is 3.29. The van der Waals surface area contributed by atoms with Gasteiger partial charge in [0.25, 0.3) is 5.91 Å². The molecule has 0 unspecified atom stereocenters. The van der Waals surface area contributed by atoms with Gasteiger partial charge in [-0.25, -0.2) is 0 Å². The Morgan fingerprint density at radius 3 is 1.89 bits per heavy atom. The van der Waals surface area contributed by atoms with Gasteiger partial charge in [0.05, 0.1) is 6.42 Å². The summed E-state index contributed by atoms with van der Waals surface area (Å²) in [4.78, 5) is 26.4. The second kappa shape index (κ2) is 9.00. The van der Waals surface area contributed by atoms with Crippen molar-refractivity contribution in [2.45, 2.75) is 12.5 Å². The van der Waals surface area contributed by atoms with Crippen LogP contribution in [0.25, 0.3) is 11.1 Å². The van der Waals surface area contributed by atoms with Crippen LogP contribution in [0.4, 0.5) is 0 Å². The minimum Gasteiger partial charge on any atom is -0.447 e. The third-order valence-electron chi connectivity index (χ3n) is 4.43. The van der Waals surface area contributed by atoms with E-state index in [0.29, 0.717) is 5.56 Å². The van der Waals surface area contributed by atoms with Gasteiger partial charge >= 0.3 is 5.97 Å². The number of ether oxygens (including phenoxy) is 1. The topological polar surface area (TPSA) is 46.6 Å². The Kier molecular flexibility index (Phi) is 6.22. The molecule has 3 aromatic rings. The first-order valence-electron chi connectivity index (χ1n) is 9.14. The molecule has 0 spiro atoms. The van der Waals surface area contributed by atoms with Crippen molar-refractivity contribution >= 4 is 11.9 Å². The highest BCUT2D eigenvalue weighted by Crippen LogP contribution is 2.22. The number of benzene rings is 3. The highest BCUT2D eigenvalue weighted by molar-refractivity contribution is 5.85. The molecule has 1 amide bonds. The molecular formula is C24H23NO3. The maximum Gasteiger partial charge on any atom is 0.311 e. The standard InChI is InChI=1S/C24H23NO3/c1-25(2)24(27)23(21-11-7-4-8-12-21)28-22(26)17-18-13-15-20(16-14-18)19-9-5-3-6-10-19/h3-16,23H,17H2,1-2H3/t23-/m0/s1. The van der Waals surface area contributed by atoms with E-state index in [0.717, 1.165) is 16.7 Å². The van der Waals surface area contributed by atoms with Crippen LogP contribution >= 0.6 is 0 Å². The van der Waals surface area contributed by atoms with Gasteiger partial charge in [0.2, 0.25) is 6.10 Å². The third-order valence-corrected chi connectivity index (χ3v) is 4.43. The van der Waals surface area contributed by atoms with E-state index in [-0.39, 0.29) is 12.3 Å². The molecule has 0 aliphatic heterocycles. The monoisotopic (exact) mass is 373 g/mol. The quantitative estimate of drug-likeness (QED) is 0.606. The van der Waals surface area contributed by atoms with Crippen LogP contribution in [-0.2, 0) is 20.7 Å². The molecule has 0 radical (unpaired) electrons. The number of carbonyl (C=O) groups is 2. The molecule has 0 fully saturated rings. The number of carbonyl (C=O) groups excluding carboxylic acids is 2. The molecule has 3 aromatic carbocycles. The van der Waals surface area contributed by atoms with Crippen molar-refractivity contribution in [3.63, 3.8) is 0 Å². The van der Waals surface area contributed by atoms with E-state index in [1.54, 1.807) is 26.2 Å². The number of esters is 1. The number of likely N-dealkylation sites (N-methyl/N-ethyl adjacent to an activating group) is 1. The van der Waals surface area contributed by atoms with Gasteiger partial charge in [0.1, 0.15) is 0 Å². The lowest BCUT2D eigenvalue weighted by Gasteiger charge is -2.21. The summed E-state index contributed by atoms with van der Waals surface area (Å²) in [5.74, 6) is -0.699. The average Bonchev–Trinajstić information content (AvgIpc) is 2.73. The number of hydrogen-bond donors (Lipinski definition) is 0. The van der Waals surface area contributed by atoms with Crippen LogP contribution in [0.1, 0.15) is 17.2 Å². The molecule has 0 aromatic heterocycles. The molecule has 0 heterocycles. The fourth-order valence-corrected chi connectivity index (χ4v) is 2.91. The van der Waals surface area contributed by atoms with Gasteiger partial charge in [-0.15, -0.1) is 0 Å². The first kappa shape index (κ1) is 19.4. The molecule has 0 N–H and O–H groups in total. The molecule has 4 nitrogen and oxygen atoms in total. The van der Waals surface area contributed by atoms with Crippen LogP contribution in [0.15, 0.2) is 84.9 Å². The smallest absolute Gasteiger partial charge is 0.311 e. The van der Waals surface area contributed by atoms with E-state index in [4.69, 9.17) is 4.74 Å². The van der Waals surface area contributed by atoms with Crippen LogP contribution in [-0.4, -0.2) is 30.9 Å². The fourth-order valence-electron chi connectivity index (χ4n) is 2.91. The second-order valence-electron chi connectivity index (χ2n) is 6.75. The summed E-state index contributed by atoms with van der Waals surface area (Å²) in [6, 6.07) is 26.9.